The smallest absolute Gasteiger partial charge is 0.242 e. The Kier molecular flexibility index (Phi) is 6.67. The summed E-state index contributed by atoms with van der Waals surface area (Å²) in [4.78, 5) is 12.8. The van der Waals surface area contributed by atoms with Crippen molar-refractivity contribution in [2.75, 3.05) is 19.4 Å². The average molecular weight is 407 g/mol. The number of carbonyl (C=O) groups excluding carboxylic acids is 1. The van der Waals surface area contributed by atoms with E-state index < -0.39 is 10.0 Å². The van der Waals surface area contributed by atoms with Gasteiger partial charge in [-0.2, -0.15) is 5.10 Å². The number of nitrogens with one attached hydrogen (secondary N) is 1. The molecule has 0 fully saturated rings. The van der Waals surface area contributed by atoms with Crippen LogP contribution in [0, 0.1) is 26.7 Å². The molecule has 0 bridgehead atoms. The van der Waals surface area contributed by atoms with Crippen LogP contribution in [-0.2, 0) is 27.8 Å². The maximum Gasteiger partial charge on any atom is 0.242 e. The first kappa shape index (κ1) is 22.1. The Morgan fingerprint density at radius 1 is 1.21 bits per heavy atom. The van der Waals surface area contributed by atoms with Crippen molar-refractivity contribution >= 4 is 21.6 Å². The minimum Gasteiger partial charge on any atom is -0.326 e. The summed E-state index contributed by atoms with van der Waals surface area (Å²) in [6.45, 7) is 10.8. The number of amides is 1. The first-order valence-corrected chi connectivity index (χ1v) is 10.7. The molecule has 1 N–H and O–H groups in total. The van der Waals surface area contributed by atoms with Crippen LogP contribution in [-0.4, -0.2) is 42.5 Å². The average Bonchev–Trinajstić information content (AvgIpc) is 2.83. The van der Waals surface area contributed by atoms with Gasteiger partial charge in [0.25, 0.3) is 0 Å². The summed E-state index contributed by atoms with van der Waals surface area (Å²) >= 11 is 0. The largest absolute Gasteiger partial charge is 0.326 e. The Hall–Kier alpha value is -2.19. The van der Waals surface area contributed by atoms with Crippen LogP contribution >= 0.6 is 0 Å². The molecule has 0 unspecified atom stereocenters. The number of nitrogens with zero attached hydrogens (tertiary/aromatic N) is 3. The van der Waals surface area contributed by atoms with Gasteiger partial charge in [0.05, 0.1) is 17.0 Å². The number of aryl methyl sites for hydroxylation is 2. The first-order chi connectivity index (χ1) is 12.9. The van der Waals surface area contributed by atoms with Gasteiger partial charge < -0.3 is 5.32 Å². The lowest BCUT2D eigenvalue weighted by Gasteiger charge is -2.14. The Labute approximate surface area is 167 Å². The van der Waals surface area contributed by atoms with Crippen LogP contribution < -0.4 is 5.32 Å². The van der Waals surface area contributed by atoms with Gasteiger partial charge in [-0.1, -0.05) is 19.9 Å². The van der Waals surface area contributed by atoms with E-state index in [1.54, 1.807) is 12.1 Å². The maximum absolute atomic E-state index is 12.7. The van der Waals surface area contributed by atoms with E-state index in [0.717, 1.165) is 33.4 Å². The Morgan fingerprint density at radius 2 is 1.86 bits per heavy atom. The molecule has 28 heavy (non-hydrogen) atoms. The number of hydrogen-bond acceptors (Lipinski definition) is 4. The van der Waals surface area contributed by atoms with Crippen LogP contribution in [0.3, 0.4) is 0 Å². The molecular weight excluding hydrogens is 376 g/mol. The number of carbonyl (C=O) groups is 1. The predicted molar refractivity (Wildman–Crippen MR) is 111 cm³/mol. The van der Waals surface area contributed by atoms with Gasteiger partial charge >= 0.3 is 0 Å². The van der Waals surface area contributed by atoms with Gasteiger partial charge in [-0.3, -0.25) is 9.48 Å². The van der Waals surface area contributed by atoms with E-state index in [0.29, 0.717) is 11.6 Å². The third-order valence-electron chi connectivity index (χ3n) is 4.67. The normalized spacial score (nSPS) is 12.0. The molecular formula is C20H30N4O3S. The number of anilines is 1. The molecule has 0 atom stereocenters. The van der Waals surface area contributed by atoms with Crippen molar-refractivity contribution in [2.45, 2.75) is 52.5 Å². The zero-order valence-corrected chi connectivity index (χ0v) is 18.5. The van der Waals surface area contributed by atoms with Crippen molar-refractivity contribution in [1.29, 1.82) is 0 Å². The van der Waals surface area contributed by atoms with Crippen molar-refractivity contribution in [3.63, 3.8) is 0 Å². The molecule has 1 aromatic heterocycles. The van der Waals surface area contributed by atoms with Crippen LogP contribution in [0.1, 0.15) is 36.4 Å². The molecule has 0 aliphatic rings. The first-order valence-electron chi connectivity index (χ1n) is 9.29. The van der Waals surface area contributed by atoms with Gasteiger partial charge in [-0.05, 0) is 44.4 Å². The molecule has 8 heteroatoms. The molecule has 0 saturated heterocycles. The van der Waals surface area contributed by atoms with E-state index >= 15 is 0 Å². The molecule has 2 rings (SSSR count). The van der Waals surface area contributed by atoms with Crippen LogP contribution in [0.5, 0.6) is 0 Å². The maximum atomic E-state index is 12.7. The highest BCUT2D eigenvalue weighted by atomic mass is 32.2. The second-order valence-electron chi connectivity index (χ2n) is 7.71. The van der Waals surface area contributed by atoms with Gasteiger partial charge in [-0.15, -0.1) is 0 Å². The summed E-state index contributed by atoms with van der Waals surface area (Å²) in [5.41, 5.74) is 4.04. The topological polar surface area (TPSA) is 84.3 Å². The van der Waals surface area contributed by atoms with Gasteiger partial charge in [0, 0.05) is 37.6 Å². The molecule has 7 nitrogen and oxygen atoms in total. The van der Waals surface area contributed by atoms with Crippen molar-refractivity contribution in [1.82, 2.24) is 14.1 Å². The Balaban J connectivity index is 2.24. The van der Waals surface area contributed by atoms with Crippen molar-refractivity contribution < 1.29 is 13.2 Å². The lowest BCUT2D eigenvalue weighted by Crippen LogP contribution is -2.23. The molecule has 1 heterocycles. The Bertz CT molecular complexity index is 976. The van der Waals surface area contributed by atoms with Crippen molar-refractivity contribution in [3.8, 4) is 0 Å². The number of aromatic nitrogens is 2. The van der Waals surface area contributed by atoms with E-state index in [4.69, 9.17) is 0 Å². The lowest BCUT2D eigenvalue weighted by molar-refractivity contribution is -0.115. The molecule has 0 spiro atoms. The Morgan fingerprint density at radius 3 is 2.43 bits per heavy atom. The summed E-state index contributed by atoms with van der Waals surface area (Å²) < 4.78 is 27.8. The van der Waals surface area contributed by atoms with E-state index in [-0.39, 0.29) is 17.2 Å². The van der Waals surface area contributed by atoms with E-state index in [1.807, 2.05) is 25.5 Å². The van der Waals surface area contributed by atoms with E-state index in [1.165, 1.54) is 20.2 Å². The molecule has 0 saturated carbocycles. The molecule has 0 aliphatic heterocycles. The van der Waals surface area contributed by atoms with Gasteiger partial charge in [0.2, 0.25) is 15.9 Å². The lowest BCUT2D eigenvalue weighted by atomic mass is 10.1. The quantitative estimate of drug-likeness (QED) is 0.766. The molecule has 154 valence electrons. The third kappa shape index (κ3) is 4.80. The number of rotatable bonds is 7. The number of hydrogen-bond donors (Lipinski definition) is 1. The molecule has 1 aromatic carbocycles. The summed E-state index contributed by atoms with van der Waals surface area (Å²) in [6, 6.07) is 4.75. The van der Waals surface area contributed by atoms with Crippen LogP contribution in [0.15, 0.2) is 23.1 Å². The summed E-state index contributed by atoms with van der Waals surface area (Å²) in [7, 11) is -0.604. The molecule has 0 aliphatic carbocycles. The highest BCUT2D eigenvalue weighted by molar-refractivity contribution is 7.89. The molecule has 0 radical (unpaired) electrons. The van der Waals surface area contributed by atoms with Crippen molar-refractivity contribution in [2.24, 2.45) is 5.92 Å². The number of sulfonamides is 1. The fraction of sp³-hybridized carbons (Fsp3) is 0.500. The standard InChI is InChI=1S/C20H30N4O3S/c1-13(2)12-24-16(5)18(15(4)22-24)11-20(25)21-19-10-17(9-8-14(19)3)28(26,27)23(6)7/h8-10,13H,11-12H2,1-7H3,(H,21,25). The van der Waals surface area contributed by atoms with Gasteiger partial charge in [-0.25, -0.2) is 12.7 Å². The minimum absolute atomic E-state index is 0.149. The second-order valence-corrected chi connectivity index (χ2v) is 9.87. The van der Waals surface area contributed by atoms with Gasteiger partial charge in [0.15, 0.2) is 0 Å². The van der Waals surface area contributed by atoms with Crippen LogP contribution in [0.4, 0.5) is 5.69 Å². The zero-order valence-electron chi connectivity index (χ0n) is 17.7. The van der Waals surface area contributed by atoms with Crippen molar-refractivity contribution in [3.05, 3.63) is 40.7 Å². The second kappa shape index (κ2) is 8.45. The zero-order chi connectivity index (χ0) is 21.2. The summed E-state index contributed by atoms with van der Waals surface area (Å²) in [5.74, 6) is 0.265. The SMILES string of the molecule is Cc1ccc(S(=O)(=O)N(C)C)cc1NC(=O)Cc1c(C)nn(CC(C)C)c1C. The third-order valence-corrected chi connectivity index (χ3v) is 6.48. The minimum atomic E-state index is -3.56. The van der Waals surface area contributed by atoms with Crippen LogP contribution in [0.25, 0.3) is 0 Å². The summed E-state index contributed by atoms with van der Waals surface area (Å²) in [6.07, 6.45) is 0.194. The predicted octanol–water partition coefficient (Wildman–Crippen LogP) is 2.90. The van der Waals surface area contributed by atoms with E-state index in [2.05, 4.69) is 24.3 Å². The highest BCUT2D eigenvalue weighted by Gasteiger charge is 2.20. The van der Waals surface area contributed by atoms with Crippen LogP contribution in [0.2, 0.25) is 0 Å². The summed E-state index contributed by atoms with van der Waals surface area (Å²) in [5, 5.41) is 7.40. The number of benzene rings is 1. The fourth-order valence-corrected chi connectivity index (χ4v) is 3.90. The monoisotopic (exact) mass is 406 g/mol. The fourth-order valence-electron chi connectivity index (χ4n) is 2.98. The molecule has 2 aromatic rings. The molecule has 1 amide bonds. The van der Waals surface area contributed by atoms with E-state index in [9.17, 15) is 13.2 Å². The highest BCUT2D eigenvalue weighted by Crippen LogP contribution is 2.23. The van der Waals surface area contributed by atoms with Gasteiger partial charge in [0.1, 0.15) is 0 Å².